The lowest BCUT2D eigenvalue weighted by Gasteiger charge is -2.31. The minimum absolute atomic E-state index is 0.193. The van der Waals surface area contributed by atoms with Crippen molar-refractivity contribution in [2.45, 2.75) is 142 Å². The Kier molecular flexibility index (Phi) is 28.1. The van der Waals surface area contributed by atoms with E-state index in [2.05, 4.69) is 51.0 Å². The average Bonchev–Trinajstić information content (AvgIpc) is 4.12. The summed E-state index contributed by atoms with van der Waals surface area (Å²) in [5.74, 6) is 3.65. The van der Waals surface area contributed by atoms with Crippen LogP contribution in [0.1, 0.15) is 142 Å². The quantitative estimate of drug-likeness (QED) is 0.0262. The van der Waals surface area contributed by atoms with Crippen LogP contribution in [0, 0.1) is 11.8 Å². The topological polar surface area (TPSA) is 225 Å². The van der Waals surface area contributed by atoms with Gasteiger partial charge in [0.1, 0.15) is 0 Å². The monoisotopic (exact) mass is 789 g/mol. The highest BCUT2D eigenvalue weighted by atomic mass is 16.2. The van der Waals surface area contributed by atoms with Gasteiger partial charge in [-0.1, -0.05) is 51.4 Å². The van der Waals surface area contributed by atoms with Gasteiger partial charge < -0.3 is 54.0 Å². The van der Waals surface area contributed by atoms with Gasteiger partial charge in [-0.25, -0.2) is 4.79 Å². The molecule has 0 heterocycles. The summed E-state index contributed by atoms with van der Waals surface area (Å²) in [5, 5.41) is 12.6. The Labute approximate surface area is 340 Å². The van der Waals surface area contributed by atoms with Crippen molar-refractivity contribution in [1.82, 2.24) is 31.1 Å². The maximum Gasteiger partial charge on any atom is 0.319 e. The molecule has 0 unspecified atom stereocenters. The second-order valence-electron chi connectivity index (χ2n) is 15.7. The van der Waals surface area contributed by atoms with E-state index in [1.807, 2.05) is 13.8 Å². The molecule has 15 nitrogen and oxygen atoms in total. The minimum atomic E-state index is 0.193. The van der Waals surface area contributed by atoms with Crippen LogP contribution in [0.2, 0.25) is 0 Å². The maximum absolute atomic E-state index is 14.3. The molecule has 0 aromatic carbocycles. The molecule has 0 saturated heterocycles. The molecular formula is C41H84N14O. The average molecular weight is 789 g/mol. The standard InChI is InChI=1S/C41H84N14O/c1-3-46-37(42)48-25-13-5-9-17-29-54(31-19-11-7-15-27-50-39(44)52-33-35-21-22-35)41(56)55(30-18-10-6-14-26-49-38(43)47-4-2)32-20-12-8-16-28-51-40(45)53-34-36-23-24-36/h35-36H,3-34H2,1-2H3,(H3,42,46,48)(H3,43,47,49)(H3,44,50,52)(H3,45,51,53). The van der Waals surface area contributed by atoms with E-state index in [1.165, 1.54) is 25.7 Å². The highest BCUT2D eigenvalue weighted by Gasteiger charge is 2.22. The van der Waals surface area contributed by atoms with E-state index in [0.717, 1.165) is 193 Å². The van der Waals surface area contributed by atoms with Gasteiger partial charge in [-0.3, -0.25) is 20.0 Å². The molecule has 2 aliphatic rings. The summed E-state index contributed by atoms with van der Waals surface area (Å²) >= 11 is 0. The second-order valence-corrected chi connectivity index (χ2v) is 15.7. The smallest absolute Gasteiger partial charge is 0.319 e. The van der Waals surface area contributed by atoms with Crippen molar-refractivity contribution in [2.75, 3.05) is 78.5 Å². The first-order valence-electron chi connectivity index (χ1n) is 22.5. The Hall–Kier alpha value is -3.65. The number of carbonyl (C=O) groups is 1. The van der Waals surface area contributed by atoms with E-state index < -0.39 is 0 Å². The van der Waals surface area contributed by atoms with Gasteiger partial charge in [-0.15, -0.1) is 0 Å². The molecule has 12 N–H and O–H groups in total. The molecule has 0 aromatic heterocycles. The fourth-order valence-electron chi connectivity index (χ4n) is 6.38. The zero-order chi connectivity index (χ0) is 40.5. The zero-order valence-corrected chi connectivity index (χ0v) is 35.7. The summed E-state index contributed by atoms with van der Waals surface area (Å²) in [7, 11) is 0. The first kappa shape index (κ1) is 48.5. The van der Waals surface area contributed by atoms with Crippen molar-refractivity contribution >= 4 is 29.9 Å². The molecule has 2 fully saturated rings. The number of hydrogen-bond donors (Lipinski definition) is 8. The summed E-state index contributed by atoms with van der Waals surface area (Å²) in [6.45, 7) is 13.6. The van der Waals surface area contributed by atoms with Gasteiger partial charge in [0.15, 0.2) is 23.8 Å². The maximum atomic E-state index is 14.3. The summed E-state index contributed by atoms with van der Waals surface area (Å²) in [5.41, 5.74) is 23.8. The predicted octanol–water partition coefficient (Wildman–Crippen LogP) is 4.43. The number of nitrogens with one attached hydrogen (secondary N) is 4. The molecule has 0 spiro atoms. The third kappa shape index (κ3) is 27.9. The Morgan fingerprint density at radius 3 is 1.12 bits per heavy atom. The minimum Gasteiger partial charge on any atom is -0.370 e. The number of nitrogens with two attached hydrogens (primary N) is 4. The lowest BCUT2D eigenvalue weighted by molar-refractivity contribution is 0.148. The summed E-state index contributed by atoms with van der Waals surface area (Å²) in [6, 6.07) is 0.193. The van der Waals surface area contributed by atoms with Crippen LogP contribution in [0.3, 0.4) is 0 Å². The lowest BCUT2D eigenvalue weighted by Crippen LogP contribution is -2.45. The first-order chi connectivity index (χ1) is 27.3. The number of amides is 2. The van der Waals surface area contributed by atoms with Crippen molar-refractivity contribution in [3.05, 3.63) is 0 Å². The zero-order valence-electron chi connectivity index (χ0n) is 35.7. The van der Waals surface area contributed by atoms with Gasteiger partial charge in [0.25, 0.3) is 0 Å². The number of aliphatic imine (C=N–C) groups is 4. The lowest BCUT2D eigenvalue weighted by atomic mass is 10.1. The van der Waals surface area contributed by atoms with Crippen LogP contribution in [-0.2, 0) is 0 Å². The second kappa shape index (κ2) is 32.4. The van der Waals surface area contributed by atoms with Gasteiger partial charge >= 0.3 is 6.03 Å². The third-order valence-electron chi connectivity index (χ3n) is 10.2. The Balaban J connectivity index is 1.87. The fraction of sp³-hybridized carbons (Fsp3) is 0.878. The third-order valence-corrected chi connectivity index (χ3v) is 10.2. The summed E-state index contributed by atoms with van der Waals surface area (Å²) in [4.78, 5) is 36.2. The van der Waals surface area contributed by atoms with E-state index in [0.29, 0.717) is 23.8 Å². The number of urea groups is 1. The normalized spacial score (nSPS) is 15.2. The molecule has 0 aliphatic heterocycles. The number of hydrogen-bond acceptors (Lipinski definition) is 5. The van der Waals surface area contributed by atoms with Gasteiger partial charge in [-0.05, 0) is 103 Å². The van der Waals surface area contributed by atoms with Gasteiger partial charge in [0.05, 0.1) is 0 Å². The summed E-state index contributed by atoms with van der Waals surface area (Å²) in [6.07, 6.45) is 21.9. The molecule has 2 rings (SSSR count). The number of nitrogens with zero attached hydrogens (tertiary/aromatic N) is 6. The fourth-order valence-corrected chi connectivity index (χ4v) is 6.38. The molecule has 2 amide bonds. The van der Waals surface area contributed by atoms with Crippen LogP contribution in [-0.4, -0.2) is 118 Å². The van der Waals surface area contributed by atoms with E-state index in [-0.39, 0.29) is 6.03 Å². The number of carbonyl (C=O) groups excluding carboxylic acids is 1. The Morgan fingerprint density at radius 2 is 0.786 bits per heavy atom. The molecule has 2 aliphatic carbocycles. The molecule has 324 valence electrons. The van der Waals surface area contributed by atoms with Crippen molar-refractivity contribution in [1.29, 1.82) is 0 Å². The Morgan fingerprint density at radius 1 is 0.464 bits per heavy atom. The Bertz CT molecular complexity index is 1040. The van der Waals surface area contributed by atoms with Crippen LogP contribution in [0.4, 0.5) is 4.79 Å². The number of unbranched alkanes of at least 4 members (excludes halogenated alkanes) is 12. The van der Waals surface area contributed by atoms with Crippen LogP contribution in [0.5, 0.6) is 0 Å². The molecule has 15 heteroatoms. The molecule has 0 radical (unpaired) electrons. The molecule has 0 aromatic rings. The highest BCUT2D eigenvalue weighted by molar-refractivity contribution is 5.78. The van der Waals surface area contributed by atoms with Crippen LogP contribution < -0.4 is 44.2 Å². The molecule has 56 heavy (non-hydrogen) atoms. The van der Waals surface area contributed by atoms with Crippen LogP contribution in [0.15, 0.2) is 20.0 Å². The molecule has 2 saturated carbocycles. The number of rotatable bonds is 34. The van der Waals surface area contributed by atoms with Crippen molar-refractivity contribution in [3.63, 3.8) is 0 Å². The predicted molar refractivity (Wildman–Crippen MR) is 237 cm³/mol. The van der Waals surface area contributed by atoms with Gasteiger partial charge in [0, 0.05) is 78.5 Å². The number of guanidine groups is 4. The summed E-state index contributed by atoms with van der Waals surface area (Å²) < 4.78 is 0. The highest BCUT2D eigenvalue weighted by Crippen LogP contribution is 2.29. The van der Waals surface area contributed by atoms with E-state index in [9.17, 15) is 4.79 Å². The molecule has 0 atom stereocenters. The van der Waals surface area contributed by atoms with E-state index in [4.69, 9.17) is 22.9 Å². The van der Waals surface area contributed by atoms with Gasteiger partial charge in [0.2, 0.25) is 0 Å². The van der Waals surface area contributed by atoms with E-state index >= 15 is 0 Å². The van der Waals surface area contributed by atoms with Crippen molar-refractivity contribution in [2.24, 2.45) is 54.7 Å². The molecule has 0 bridgehead atoms. The van der Waals surface area contributed by atoms with Crippen molar-refractivity contribution < 1.29 is 4.79 Å². The largest absolute Gasteiger partial charge is 0.370 e. The first-order valence-corrected chi connectivity index (χ1v) is 22.5. The van der Waals surface area contributed by atoms with Crippen LogP contribution >= 0.6 is 0 Å². The van der Waals surface area contributed by atoms with Crippen LogP contribution in [0.25, 0.3) is 0 Å². The van der Waals surface area contributed by atoms with Gasteiger partial charge in [-0.2, -0.15) is 0 Å². The van der Waals surface area contributed by atoms with E-state index in [1.54, 1.807) is 0 Å². The SMILES string of the molecule is CCNC(N)=NCCCCCCN(CCCCCCNC(N)=NCC1CC1)C(=O)N(CCCCCCN=C(N)NCC)CCCCCCNC(N)=NCC1CC1. The van der Waals surface area contributed by atoms with Crippen molar-refractivity contribution in [3.8, 4) is 0 Å². The molecular weight excluding hydrogens is 705 g/mol.